The van der Waals surface area contributed by atoms with Crippen LogP contribution in [0, 0.1) is 0 Å². The van der Waals surface area contributed by atoms with Crippen molar-refractivity contribution < 1.29 is 33.6 Å². The van der Waals surface area contributed by atoms with Crippen LogP contribution in [0.25, 0.3) is 5.76 Å². The fraction of sp³-hybridized carbons (Fsp3) is 0.304. The number of carbonyl (C=O) groups is 2. The molecule has 162 valence electrons. The summed E-state index contributed by atoms with van der Waals surface area (Å²) in [6.45, 7) is 2.62. The Balaban J connectivity index is 1.79. The number of aliphatic hydroxyl groups is 1. The predicted molar refractivity (Wildman–Crippen MR) is 111 cm³/mol. The second kappa shape index (κ2) is 8.22. The Kier molecular flexibility index (Phi) is 5.46. The van der Waals surface area contributed by atoms with E-state index in [4.69, 9.17) is 18.9 Å². The predicted octanol–water partition coefficient (Wildman–Crippen LogP) is 3.26. The number of carbonyl (C=O) groups excluding carboxylic acids is 2. The highest BCUT2D eigenvalue weighted by Crippen LogP contribution is 2.42. The minimum absolute atomic E-state index is 0.00403. The number of nitrogens with zero attached hydrogens (tertiary/aromatic N) is 1. The lowest BCUT2D eigenvalue weighted by Gasteiger charge is -2.22. The molecule has 4 rings (SSSR count). The highest BCUT2D eigenvalue weighted by Gasteiger charge is 2.44. The van der Waals surface area contributed by atoms with Gasteiger partial charge in [-0.3, -0.25) is 9.59 Å². The first-order valence-electron chi connectivity index (χ1n) is 9.91. The van der Waals surface area contributed by atoms with Crippen molar-refractivity contribution in [1.82, 2.24) is 4.90 Å². The maximum atomic E-state index is 12.8. The van der Waals surface area contributed by atoms with Crippen LogP contribution >= 0.6 is 0 Å². The summed E-state index contributed by atoms with van der Waals surface area (Å²) >= 11 is 0. The summed E-state index contributed by atoms with van der Waals surface area (Å²) in [5.41, 5.74) is 0.968. The topological polar surface area (TPSA) is 94.5 Å². The summed E-state index contributed by atoms with van der Waals surface area (Å²) in [7, 11) is 3.05. The van der Waals surface area contributed by atoms with Crippen LogP contribution in [-0.2, 0) is 9.59 Å². The van der Waals surface area contributed by atoms with Crippen molar-refractivity contribution in [2.24, 2.45) is 0 Å². The van der Waals surface area contributed by atoms with Crippen molar-refractivity contribution in [2.75, 3.05) is 27.6 Å². The molecule has 0 aliphatic carbocycles. The van der Waals surface area contributed by atoms with Crippen molar-refractivity contribution in [3.05, 3.63) is 53.1 Å². The molecule has 1 saturated heterocycles. The van der Waals surface area contributed by atoms with E-state index in [-0.39, 0.29) is 18.1 Å². The van der Waals surface area contributed by atoms with Crippen LogP contribution in [-0.4, -0.2) is 49.3 Å². The Labute approximate surface area is 179 Å². The fourth-order valence-corrected chi connectivity index (χ4v) is 3.72. The van der Waals surface area contributed by atoms with Crippen LogP contribution in [0.3, 0.4) is 0 Å². The van der Waals surface area contributed by atoms with Gasteiger partial charge in [-0.2, -0.15) is 0 Å². The lowest BCUT2D eigenvalue weighted by atomic mass is 9.95. The van der Waals surface area contributed by atoms with Gasteiger partial charge in [-0.15, -0.1) is 0 Å². The Morgan fingerprint density at radius 1 is 1.13 bits per heavy atom. The number of rotatable bonds is 6. The van der Waals surface area contributed by atoms with Crippen LogP contribution in [0.1, 0.15) is 30.5 Å². The molecule has 1 atom stereocenters. The van der Waals surface area contributed by atoms with E-state index >= 15 is 0 Å². The second-order valence-corrected chi connectivity index (χ2v) is 7.24. The fourth-order valence-electron chi connectivity index (χ4n) is 3.72. The standard InChI is InChI=1S/C23H23NO7/c1-4-9-29-15-7-5-13(10-17(15)28-3)20-19(22(26)23(27)24(20)2)21(25)14-6-8-16-18(11-14)31-12-30-16/h5-8,10-11,20,25H,4,9,12H2,1-3H3/b21-19+. The Bertz CT molecular complexity index is 1080. The van der Waals surface area contributed by atoms with Gasteiger partial charge in [0.05, 0.1) is 25.3 Å². The number of methoxy groups -OCH3 is 1. The summed E-state index contributed by atoms with van der Waals surface area (Å²) in [5, 5.41) is 11.0. The molecule has 0 spiro atoms. The number of likely N-dealkylation sites (N-methyl/N-ethyl adjacent to an activating group) is 1. The molecule has 0 radical (unpaired) electrons. The van der Waals surface area contributed by atoms with Crippen molar-refractivity contribution in [1.29, 1.82) is 0 Å². The number of amides is 1. The van der Waals surface area contributed by atoms with Crippen LogP contribution < -0.4 is 18.9 Å². The highest BCUT2D eigenvalue weighted by atomic mass is 16.7. The van der Waals surface area contributed by atoms with Crippen molar-refractivity contribution in [3.8, 4) is 23.0 Å². The molecule has 2 aliphatic heterocycles. The number of fused-ring (bicyclic) bond motifs is 1. The molecule has 2 heterocycles. The third-order valence-electron chi connectivity index (χ3n) is 5.29. The number of likely N-dealkylation sites (tertiary alicyclic amines) is 1. The van der Waals surface area contributed by atoms with E-state index in [9.17, 15) is 14.7 Å². The molecule has 8 heteroatoms. The molecule has 0 bridgehead atoms. The zero-order valence-electron chi connectivity index (χ0n) is 17.5. The van der Waals surface area contributed by atoms with Crippen LogP contribution in [0.2, 0.25) is 0 Å². The normalized spacial score (nSPS) is 19.1. The number of Topliss-reactive ketones (excluding diaryl/α,β-unsaturated/α-hetero) is 1. The van der Waals surface area contributed by atoms with Crippen LogP contribution in [0.15, 0.2) is 42.0 Å². The lowest BCUT2D eigenvalue weighted by Crippen LogP contribution is -2.24. The van der Waals surface area contributed by atoms with Crippen molar-refractivity contribution >= 4 is 17.4 Å². The number of ketones is 1. The van der Waals surface area contributed by atoms with Gasteiger partial charge in [0.2, 0.25) is 6.79 Å². The van der Waals surface area contributed by atoms with Crippen molar-refractivity contribution in [3.63, 3.8) is 0 Å². The molecule has 0 aromatic heterocycles. The summed E-state index contributed by atoms with van der Waals surface area (Å²) in [5.74, 6) is 0.327. The number of hydrogen-bond donors (Lipinski definition) is 1. The third kappa shape index (κ3) is 3.54. The monoisotopic (exact) mass is 425 g/mol. The molecule has 2 aliphatic rings. The molecule has 0 saturated carbocycles. The van der Waals surface area contributed by atoms with E-state index in [0.717, 1.165) is 6.42 Å². The van der Waals surface area contributed by atoms with Crippen LogP contribution in [0.4, 0.5) is 0 Å². The van der Waals surface area contributed by atoms with Gasteiger partial charge in [-0.05, 0) is 42.3 Å². The third-order valence-corrected chi connectivity index (χ3v) is 5.29. The maximum absolute atomic E-state index is 12.8. The van der Waals surface area contributed by atoms with E-state index in [1.807, 2.05) is 6.92 Å². The maximum Gasteiger partial charge on any atom is 0.295 e. The average molecular weight is 425 g/mol. The smallest absolute Gasteiger partial charge is 0.295 e. The first-order chi connectivity index (χ1) is 15.0. The quantitative estimate of drug-likeness (QED) is 0.431. The summed E-state index contributed by atoms with van der Waals surface area (Å²) in [6, 6.07) is 9.28. The largest absolute Gasteiger partial charge is 0.507 e. The second-order valence-electron chi connectivity index (χ2n) is 7.24. The number of hydrogen-bond acceptors (Lipinski definition) is 7. The number of benzene rings is 2. The molecular formula is C23H23NO7. The van der Waals surface area contributed by atoms with Gasteiger partial charge < -0.3 is 29.0 Å². The van der Waals surface area contributed by atoms with Gasteiger partial charge in [-0.1, -0.05) is 13.0 Å². The molecule has 2 aromatic rings. The van der Waals surface area contributed by atoms with Gasteiger partial charge in [-0.25, -0.2) is 0 Å². The lowest BCUT2D eigenvalue weighted by molar-refractivity contribution is -0.139. The Morgan fingerprint density at radius 2 is 1.90 bits per heavy atom. The number of aliphatic hydroxyl groups excluding tert-OH is 1. The van der Waals surface area contributed by atoms with Gasteiger partial charge in [0.15, 0.2) is 23.0 Å². The van der Waals surface area contributed by atoms with Gasteiger partial charge >= 0.3 is 0 Å². The molecular weight excluding hydrogens is 402 g/mol. The zero-order valence-corrected chi connectivity index (χ0v) is 17.5. The molecule has 8 nitrogen and oxygen atoms in total. The van der Waals surface area contributed by atoms with E-state index in [1.54, 1.807) is 36.4 Å². The molecule has 1 amide bonds. The first-order valence-corrected chi connectivity index (χ1v) is 9.91. The number of ether oxygens (including phenoxy) is 4. The van der Waals surface area contributed by atoms with E-state index in [2.05, 4.69) is 0 Å². The molecule has 2 aromatic carbocycles. The molecule has 31 heavy (non-hydrogen) atoms. The SMILES string of the molecule is CCCOc1ccc(C2/C(=C(\O)c3ccc4c(c3)OCO4)C(=O)C(=O)N2C)cc1OC. The van der Waals surface area contributed by atoms with Crippen molar-refractivity contribution in [2.45, 2.75) is 19.4 Å². The minimum Gasteiger partial charge on any atom is -0.507 e. The first kappa shape index (κ1) is 20.6. The minimum atomic E-state index is -0.778. The summed E-state index contributed by atoms with van der Waals surface area (Å²) in [6.07, 6.45) is 0.843. The van der Waals surface area contributed by atoms with E-state index in [1.165, 1.54) is 19.1 Å². The summed E-state index contributed by atoms with van der Waals surface area (Å²) < 4.78 is 21.8. The van der Waals surface area contributed by atoms with Gasteiger partial charge in [0, 0.05) is 12.6 Å². The highest BCUT2D eigenvalue weighted by molar-refractivity contribution is 6.46. The van der Waals surface area contributed by atoms with E-state index < -0.39 is 17.7 Å². The summed E-state index contributed by atoms with van der Waals surface area (Å²) in [4.78, 5) is 26.6. The zero-order chi connectivity index (χ0) is 22.1. The Morgan fingerprint density at radius 3 is 2.65 bits per heavy atom. The van der Waals surface area contributed by atoms with E-state index in [0.29, 0.717) is 40.7 Å². The van der Waals surface area contributed by atoms with Gasteiger partial charge in [0.25, 0.3) is 11.7 Å². The average Bonchev–Trinajstić information content (AvgIpc) is 3.35. The Hall–Kier alpha value is -3.68. The molecule has 1 unspecified atom stereocenters. The van der Waals surface area contributed by atoms with Crippen LogP contribution in [0.5, 0.6) is 23.0 Å². The molecule has 1 N–H and O–H groups in total. The van der Waals surface area contributed by atoms with Gasteiger partial charge in [0.1, 0.15) is 5.76 Å². The molecule has 1 fully saturated rings.